The monoisotopic (exact) mass is 345 g/mol. The van der Waals surface area contributed by atoms with Crippen LogP contribution in [-0.2, 0) is 4.74 Å². The maximum atomic E-state index is 11.9. The minimum absolute atomic E-state index is 0.143. The Morgan fingerprint density at radius 1 is 1.25 bits per heavy atom. The highest BCUT2D eigenvalue weighted by molar-refractivity contribution is 7.14. The van der Waals surface area contributed by atoms with Gasteiger partial charge < -0.3 is 14.0 Å². The molecule has 3 rings (SSSR count). The normalized spacial score (nSPS) is 10.5. The summed E-state index contributed by atoms with van der Waals surface area (Å²) in [5, 5.41) is 8.54. The molecular formula is C16H15N3O4S. The summed E-state index contributed by atoms with van der Waals surface area (Å²) in [5.41, 5.74) is 1.71. The van der Waals surface area contributed by atoms with E-state index in [0.717, 1.165) is 17.0 Å². The first-order valence-corrected chi connectivity index (χ1v) is 8.04. The van der Waals surface area contributed by atoms with Crippen LogP contribution in [0.25, 0.3) is 11.3 Å². The molecule has 124 valence electrons. The molecule has 0 fully saturated rings. The molecule has 2 heterocycles. The molecule has 0 atom stereocenters. The Hall–Kier alpha value is -2.71. The van der Waals surface area contributed by atoms with Crippen LogP contribution in [0.15, 0.2) is 46.4 Å². The van der Waals surface area contributed by atoms with Crippen LogP contribution in [0.2, 0.25) is 0 Å². The highest BCUT2D eigenvalue weighted by Crippen LogP contribution is 2.26. The van der Waals surface area contributed by atoms with Gasteiger partial charge in [-0.2, -0.15) is 0 Å². The fourth-order valence-corrected chi connectivity index (χ4v) is 2.63. The van der Waals surface area contributed by atoms with Gasteiger partial charge in [0.1, 0.15) is 12.4 Å². The van der Waals surface area contributed by atoms with Crippen LogP contribution in [0.1, 0.15) is 10.6 Å². The molecule has 0 aliphatic rings. The molecule has 0 saturated heterocycles. The number of nitrogens with one attached hydrogen (secondary N) is 1. The van der Waals surface area contributed by atoms with Crippen molar-refractivity contribution in [2.45, 2.75) is 0 Å². The number of carbonyl (C=O) groups is 1. The van der Waals surface area contributed by atoms with E-state index >= 15 is 0 Å². The number of carbonyl (C=O) groups excluding carboxylic acids is 1. The first-order valence-electron chi connectivity index (χ1n) is 7.16. The van der Waals surface area contributed by atoms with Gasteiger partial charge in [-0.3, -0.25) is 10.1 Å². The van der Waals surface area contributed by atoms with E-state index in [4.69, 9.17) is 14.0 Å². The Kier molecular flexibility index (Phi) is 5.19. The zero-order chi connectivity index (χ0) is 16.8. The zero-order valence-corrected chi connectivity index (χ0v) is 13.7. The minimum atomic E-state index is -0.379. The Labute approximate surface area is 142 Å². The smallest absolute Gasteiger partial charge is 0.296 e. The molecule has 24 heavy (non-hydrogen) atoms. The summed E-state index contributed by atoms with van der Waals surface area (Å²) in [5.74, 6) is 0.532. The van der Waals surface area contributed by atoms with Gasteiger partial charge in [0.25, 0.3) is 5.91 Å². The number of hydrogen-bond acceptors (Lipinski definition) is 7. The average molecular weight is 345 g/mol. The number of methoxy groups -OCH3 is 1. The molecule has 7 nitrogen and oxygen atoms in total. The van der Waals surface area contributed by atoms with E-state index in [1.54, 1.807) is 7.11 Å². The van der Waals surface area contributed by atoms with Gasteiger partial charge >= 0.3 is 0 Å². The summed E-state index contributed by atoms with van der Waals surface area (Å²) in [7, 11) is 1.63. The summed E-state index contributed by atoms with van der Waals surface area (Å²) in [6, 6.07) is 9.07. The van der Waals surface area contributed by atoms with E-state index in [1.165, 1.54) is 23.6 Å². The van der Waals surface area contributed by atoms with Crippen molar-refractivity contribution < 1.29 is 18.8 Å². The van der Waals surface area contributed by atoms with Crippen LogP contribution in [0.5, 0.6) is 5.75 Å². The summed E-state index contributed by atoms with van der Waals surface area (Å²) in [6.07, 6.45) is 1.42. The number of ether oxygens (including phenoxy) is 2. The number of rotatable bonds is 7. The van der Waals surface area contributed by atoms with E-state index in [2.05, 4.69) is 15.5 Å². The number of aromatic nitrogens is 2. The van der Waals surface area contributed by atoms with E-state index in [9.17, 15) is 4.79 Å². The Bertz CT molecular complexity index is 784. The van der Waals surface area contributed by atoms with Gasteiger partial charge in [-0.1, -0.05) is 5.16 Å². The average Bonchev–Trinajstić information content (AvgIpc) is 3.27. The third-order valence-electron chi connectivity index (χ3n) is 3.09. The molecule has 0 spiro atoms. The fraction of sp³-hybridized carbons (Fsp3) is 0.188. The van der Waals surface area contributed by atoms with Crippen molar-refractivity contribution in [3.63, 3.8) is 0 Å². The number of amides is 1. The molecule has 0 saturated carbocycles. The topological polar surface area (TPSA) is 86.5 Å². The molecular weight excluding hydrogens is 330 g/mol. The fourth-order valence-electron chi connectivity index (χ4n) is 1.92. The number of nitrogens with zero attached hydrogens (tertiary/aromatic N) is 2. The molecule has 8 heteroatoms. The van der Waals surface area contributed by atoms with Crippen LogP contribution in [-0.4, -0.2) is 36.4 Å². The summed E-state index contributed by atoms with van der Waals surface area (Å²) in [4.78, 5) is 16.3. The lowest BCUT2D eigenvalue weighted by Crippen LogP contribution is -2.10. The van der Waals surface area contributed by atoms with E-state index < -0.39 is 0 Å². The third-order valence-corrected chi connectivity index (χ3v) is 3.85. The predicted octanol–water partition coefficient (Wildman–Crippen LogP) is 3.08. The molecule has 0 unspecified atom stereocenters. The van der Waals surface area contributed by atoms with Crippen molar-refractivity contribution in [3.8, 4) is 17.0 Å². The number of thiazole rings is 1. The van der Waals surface area contributed by atoms with E-state index in [-0.39, 0.29) is 11.7 Å². The maximum Gasteiger partial charge on any atom is 0.296 e. The second-order valence-electron chi connectivity index (χ2n) is 4.73. The standard InChI is InChI=1S/C16H15N3O4S/c1-21-8-9-22-12-4-2-11(3-5-12)13-10-24-16(18-13)19-15(20)14-6-7-17-23-14/h2-7,10H,8-9H2,1H3,(H,18,19,20). The van der Waals surface area contributed by atoms with E-state index in [0.29, 0.717) is 18.3 Å². The molecule has 0 radical (unpaired) electrons. The van der Waals surface area contributed by atoms with Crippen LogP contribution in [0.4, 0.5) is 5.13 Å². The molecule has 1 aromatic carbocycles. The molecule has 0 aliphatic heterocycles. The molecule has 1 amide bonds. The van der Waals surface area contributed by atoms with Crippen LogP contribution in [0, 0.1) is 0 Å². The quantitative estimate of drug-likeness (QED) is 0.662. The van der Waals surface area contributed by atoms with Gasteiger partial charge in [-0.15, -0.1) is 11.3 Å². The van der Waals surface area contributed by atoms with Crippen LogP contribution >= 0.6 is 11.3 Å². The zero-order valence-electron chi connectivity index (χ0n) is 12.9. The van der Waals surface area contributed by atoms with E-state index in [1.807, 2.05) is 29.6 Å². The largest absolute Gasteiger partial charge is 0.491 e. The van der Waals surface area contributed by atoms with Crippen molar-refractivity contribution in [1.82, 2.24) is 10.1 Å². The Morgan fingerprint density at radius 3 is 2.79 bits per heavy atom. The Morgan fingerprint density at radius 2 is 2.08 bits per heavy atom. The molecule has 0 bridgehead atoms. The van der Waals surface area contributed by atoms with Gasteiger partial charge in [0.05, 0.1) is 18.5 Å². The lowest BCUT2D eigenvalue weighted by atomic mass is 10.2. The summed E-state index contributed by atoms with van der Waals surface area (Å²) < 4.78 is 15.3. The van der Waals surface area contributed by atoms with Crippen LogP contribution in [0.3, 0.4) is 0 Å². The predicted molar refractivity (Wildman–Crippen MR) is 89.4 cm³/mol. The number of anilines is 1. The van der Waals surface area contributed by atoms with Crippen LogP contribution < -0.4 is 10.1 Å². The highest BCUT2D eigenvalue weighted by atomic mass is 32.1. The van der Waals surface area contributed by atoms with Gasteiger partial charge in [0.15, 0.2) is 5.13 Å². The van der Waals surface area contributed by atoms with Gasteiger partial charge in [0.2, 0.25) is 5.76 Å². The molecule has 2 aromatic heterocycles. The second kappa shape index (κ2) is 7.71. The van der Waals surface area contributed by atoms with Crippen molar-refractivity contribution in [3.05, 3.63) is 47.7 Å². The number of hydrogen-bond donors (Lipinski definition) is 1. The highest BCUT2D eigenvalue weighted by Gasteiger charge is 2.12. The summed E-state index contributed by atoms with van der Waals surface area (Å²) >= 11 is 1.34. The van der Waals surface area contributed by atoms with Crippen molar-refractivity contribution in [1.29, 1.82) is 0 Å². The second-order valence-corrected chi connectivity index (χ2v) is 5.59. The first kappa shape index (κ1) is 16.2. The van der Waals surface area contributed by atoms with Crippen molar-refractivity contribution >= 4 is 22.4 Å². The van der Waals surface area contributed by atoms with Crippen molar-refractivity contribution in [2.24, 2.45) is 0 Å². The number of benzene rings is 1. The third kappa shape index (κ3) is 3.98. The van der Waals surface area contributed by atoms with Gasteiger partial charge in [-0.25, -0.2) is 4.98 Å². The van der Waals surface area contributed by atoms with Crippen molar-refractivity contribution in [2.75, 3.05) is 25.6 Å². The van der Waals surface area contributed by atoms with Gasteiger partial charge in [-0.05, 0) is 24.3 Å². The molecule has 3 aromatic rings. The lowest BCUT2D eigenvalue weighted by molar-refractivity contribution is 0.0988. The minimum Gasteiger partial charge on any atom is -0.491 e. The first-order chi connectivity index (χ1) is 11.8. The lowest BCUT2D eigenvalue weighted by Gasteiger charge is -2.05. The molecule has 1 N–H and O–H groups in total. The SMILES string of the molecule is COCCOc1ccc(-c2csc(NC(=O)c3ccno3)n2)cc1. The molecule has 0 aliphatic carbocycles. The Balaban J connectivity index is 1.63. The maximum absolute atomic E-state index is 11.9. The summed E-state index contributed by atoms with van der Waals surface area (Å²) in [6.45, 7) is 1.05. The van der Waals surface area contributed by atoms with Gasteiger partial charge in [0, 0.05) is 24.1 Å².